The summed E-state index contributed by atoms with van der Waals surface area (Å²) >= 11 is 0. The van der Waals surface area contributed by atoms with Gasteiger partial charge < -0.3 is 0 Å². The fourth-order valence-corrected chi connectivity index (χ4v) is 1.68. The fraction of sp³-hybridized carbons (Fsp3) is 0.533. The van der Waals surface area contributed by atoms with E-state index in [1.165, 1.54) is 57.5 Å². The van der Waals surface area contributed by atoms with Crippen molar-refractivity contribution in [1.82, 2.24) is 5.32 Å². The molecule has 0 aliphatic carbocycles. The second-order valence-electron chi connectivity index (χ2n) is 4.23. The first kappa shape index (κ1) is 16.9. The van der Waals surface area contributed by atoms with Crippen LogP contribution in [0.5, 0.6) is 0 Å². The fourth-order valence-electron chi connectivity index (χ4n) is 1.68. The molecule has 0 aliphatic rings. The Morgan fingerprint density at radius 3 is 2.00 bits per heavy atom. The number of hydrogen-bond donors (Lipinski definition) is 1. The molecule has 0 saturated carbocycles. The topological polar surface area (TPSA) is 63.5 Å². The van der Waals surface area contributed by atoms with Gasteiger partial charge in [-0.1, -0.05) is 38.7 Å². The number of nitrogens with zero attached hydrogens (tertiary/aromatic N) is 3. The minimum absolute atomic E-state index is 1.17. The summed E-state index contributed by atoms with van der Waals surface area (Å²) < 4.78 is 2.26. The van der Waals surface area contributed by atoms with E-state index in [1.807, 2.05) is 0 Å². The van der Waals surface area contributed by atoms with Crippen LogP contribution in [-0.4, -0.2) is 0 Å². The normalized spacial score (nSPS) is 8.58. The maximum Gasteiger partial charge on any atom is 0.190 e. The smallest absolute Gasteiger partial charge is 0.190 e. The molecule has 0 fully saturated rings. The number of unbranched alkanes of at least 4 members (excludes halogenated alkanes) is 5. The summed E-state index contributed by atoms with van der Waals surface area (Å²) in [5.74, 6) is 0. The third-order valence-corrected chi connectivity index (χ3v) is 2.66. The van der Waals surface area contributed by atoms with Crippen LogP contribution in [0.25, 0.3) is 0 Å². The number of nitrogens with one attached hydrogen (secondary N) is 1. The molecular formula is C15H23N4+. The van der Waals surface area contributed by atoms with Gasteiger partial charge in [-0.15, -0.1) is 0 Å². The summed E-state index contributed by atoms with van der Waals surface area (Å²) in [6.45, 7) is 3.44. The van der Waals surface area contributed by atoms with Gasteiger partial charge in [0.25, 0.3) is 0 Å². The third kappa shape index (κ3) is 12.2. The number of hydrogen-bond acceptors (Lipinski definition) is 3. The molecule has 19 heavy (non-hydrogen) atoms. The van der Waals surface area contributed by atoms with Crippen molar-refractivity contribution in [2.75, 3.05) is 0 Å². The van der Waals surface area contributed by atoms with Gasteiger partial charge in [0.15, 0.2) is 24.8 Å². The predicted octanol–water partition coefficient (Wildman–Crippen LogP) is 2.87. The van der Waals surface area contributed by atoms with E-state index >= 15 is 0 Å². The van der Waals surface area contributed by atoms with Crippen molar-refractivity contribution in [1.29, 1.82) is 10.5 Å². The van der Waals surface area contributed by atoms with Crippen LogP contribution in [0.1, 0.15) is 45.4 Å². The molecule has 4 heteroatoms. The highest BCUT2D eigenvalue weighted by Gasteiger charge is 1.96. The number of pyridine rings is 1. The highest BCUT2D eigenvalue weighted by Crippen LogP contribution is 2.04. The lowest BCUT2D eigenvalue weighted by molar-refractivity contribution is -0.697. The molecule has 0 amide bonds. The van der Waals surface area contributed by atoms with Crippen molar-refractivity contribution in [3.63, 3.8) is 0 Å². The van der Waals surface area contributed by atoms with Crippen LogP contribution in [0, 0.1) is 22.9 Å². The van der Waals surface area contributed by atoms with Gasteiger partial charge in [-0.2, -0.15) is 10.5 Å². The van der Waals surface area contributed by atoms with Gasteiger partial charge in [-0.25, -0.2) is 9.88 Å². The molecule has 0 bridgehead atoms. The Morgan fingerprint density at radius 2 is 1.47 bits per heavy atom. The average molecular weight is 259 g/mol. The lowest BCUT2D eigenvalue weighted by Crippen LogP contribution is -2.32. The first-order valence-corrected chi connectivity index (χ1v) is 6.82. The van der Waals surface area contributed by atoms with Crippen molar-refractivity contribution < 1.29 is 4.57 Å². The number of rotatable bonds is 7. The van der Waals surface area contributed by atoms with Crippen molar-refractivity contribution in [2.24, 2.45) is 0 Å². The van der Waals surface area contributed by atoms with Crippen LogP contribution < -0.4 is 9.88 Å². The summed E-state index contributed by atoms with van der Waals surface area (Å²) in [5.41, 5.74) is 0. The quantitative estimate of drug-likeness (QED) is 0.354. The summed E-state index contributed by atoms with van der Waals surface area (Å²) in [5, 5.41) is 16.7. The van der Waals surface area contributed by atoms with Gasteiger partial charge in [0.1, 0.15) is 6.54 Å². The average Bonchev–Trinajstić information content (AvgIpc) is 2.45. The molecule has 0 aliphatic heterocycles. The second kappa shape index (κ2) is 14.0. The molecule has 0 saturated heterocycles. The zero-order chi connectivity index (χ0) is 14.2. The molecule has 1 rings (SSSR count). The number of nitriles is 2. The minimum atomic E-state index is 1.17. The van der Waals surface area contributed by atoms with E-state index in [1.54, 1.807) is 5.32 Å². The summed E-state index contributed by atoms with van der Waals surface area (Å²) in [7, 11) is 0. The molecule has 0 aromatic carbocycles. The van der Waals surface area contributed by atoms with Gasteiger partial charge in [0, 0.05) is 18.6 Å². The predicted molar refractivity (Wildman–Crippen MR) is 74.4 cm³/mol. The van der Waals surface area contributed by atoms with E-state index in [0.29, 0.717) is 0 Å². The summed E-state index contributed by atoms with van der Waals surface area (Å²) in [6, 6.07) is 6.26. The zero-order valence-electron chi connectivity index (χ0n) is 11.7. The monoisotopic (exact) mass is 259 g/mol. The molecule has 102 valence electrons. The lowest BCUT2D eigenvalue weighted by atomic mass is 10.1. The van der Waals surface area contributed by atoms with E-state index in [4.69, 9.17) is 10.5 Å². The maximum absolute atomic E-state index is 7.48. The highest BCUT2D eigenvalue weighted by atomic mass is 14.9. The Kier molecular flexibility index (Phi) is 12.5. The van der Waals surface area contributed by atoms with Gasteiger partial charge in [0.2, 0.25) is 0 Å². The first-order chi connectivity index (χ1) is 9.35. The SMILES string of the molecule is CCCCCCCC[n+]1ccccc1.N#CNC#N. The van der Waals surface area contributed by atoms with Gasteiger partial charge in [-0.3, -0.25) is 0 Å². The van der Waals surface area contributed by atoms with Crippen LogP contribution in [0.15, 0.2) is 30.6 Å². The summed E-state index contributed by atoms with van der Waals surface area (Å²) in [6.07, 6.45) is 15.4. The van der Waals surface area contributed by atoms with Crippen LogP contribution in [-0.2, 0) is 6.54 Å². The molecule has 1 aromatic heterocycles. The second-order valence-corrected chi connectivity index (χ2v) is 4.23. The Labute approximate surface area is 116 Å². The molecule has 0 spiro atoms. The number of aryl methyl sites for hydroxylation is 1. The van der Waals surface area contributed by atoms with E-state index in [0.717, 1.165) is 0 Å². The van der Waals surface area contributed by atoms with E-state index in [9.17, 15) is 0 Å². The van der Waals surface area contributed by atoms with Crippen LogP contribution in [0.4, 0.5) is 0 Å². The molecule has 1 aromatic rings. The lowest BCUT2D eigenvalue weighted by Gasteiger charge is -1.98. The van der Waals surface area contributed by atoms with Gasteiger partial charge in [-0.05, 0) is 6.42 Å². The van der Waals surface area contributed by atoms with Crippen LogP contribution in [0.2, 0.25) is 0 Å². The Hall–Kier alpha value is -2.07. The Morgan fingerprint density at radius 1 is 0.895 bits per heavy atom. The van der Waals surface area contributed by atoms with Crippen molar-refractivity contribution in [3.8, 4) is 12.4 Å². The van der Waals surface area contributed by atoms with E-state index in [-0.39, 0.29) is 0 Å². The standard InChI is InChI=1S/C13H22N.C2HN3/c1-2-3-4-5-6-8-11-14-12-9-7-10-13-14;3-1-5-2-4/h7,9-10,12-13H,2-6,8,11H2,1H3;5H/q+1;. The molecule has 1 heterocycles. The van der Waals surface area contributed by atoms with E-state index in [2.05, 4.69) is 42.1 Å². The molecular weight excluding hydrogens is 236 g/mol. The first-order valence-electron chi connectivity index (χ1n) is 6.82. The van der Waals surface area contributed by atoms with Crippen LogP contribution >= 0.6 is 0 Å². The van der Waals surface area contributed by atoms with Gasteiger partial charge >= 0.3 is 0 Å². The molecule has 0 radical (unpaired) electrons. The van der Waals surface area contributed by atoms with Crippen molar-refractivity contribution >= 4 is 0 Å². The number of aromatic nitrogens is 1. The Bertz CT molecular complexity index is 363. The zero-order valence-corrected chi connectivity index (χ0v) is 11.7. The maximum atomic E-state index is 7.48. The van der Waals surface area contributed by atoms with Crippen molar-refractivity contribution in [2.45, 2.75) is 52.0 Å². The van der Waals surface area contributed by atoms with E-state index < -0.39 is 0 Å². The minimum Gasteiger partial charge on any atom is -0.229 e. The van der Waals surface area contributed by atoms with Gasteiger partial charge in [0.05, 0.1) is 0 Å². The van der Waals surface area contributed by atoms with Crippen LogP contribution in [0.3, 0.4) is 0 Å². The third-order valence-electron chi connectivity index (χ3n) is 2.66. The summed E-state index contributed by atoms with van der Waals surface area (Å²) in [4.78, 5) is 0. The van der Waals surface area contributed by atoms with Crippen molar-refractivity contribution in [3.05, 3.63) is 30.6 Å². The molecule has 1 N–H and O–H groups in total. The Balaban J connectivity index is 0.000000555. The molecule has 4 nitrogen and oxygen atoms in total. The molecule has 0 unspecified atom stereocenters. The largest absolute Gasteiger partial charge is 0.229 e. The molecule has 0 atom stereocenters. The highest BCUT2D eigenvalue weighted by molar-refractivity contribution is 4.83.